The number of nitrogens with zero attached hydrogens (tertiary/aromatic N) is 3. The SMILES string of the molecule is N#Cc1ccc(Sc2ncccn2)cc1. The highest BCUT2D eigenvalue weighted by molar-refractivity contribution is 7.99. The Morgan fingerprint density at radius 1 is 1.07 bits per heavy atom. The summed E-state index contributed by atoms with van der Waals surface area (Å²) in [5.41, 5.74) is 0.660. The maximum Gasteiger partial charge on any atom is 0.192 e. The lowest BCUT2D eigenvalue weighted by Crippen LogP contribution is -1.83. The molecule has 0 radical (unpaired) electrons. The molecule has 1 aromatic carbocycles. The van der Waals surface area contributed by atoms with Crippen LogP contribution in [0.1, 0.15) is 5.56 Å². The number of hydrogen-bond acceptors (Lipinski definition) is 4. The van der Waals surface area contributed by atoms with Gasteiger partial charge in [-0.05, 0) is 42.1 Å². The molecule has 0 aliphatic heterocycles. The van der Waals surface area contributed by atoms with Crippen LogP contribution in [0.5, 0.6) is 0 Å². The molecule has 15 heavy (non-hydrogen) atoms. The van der Waals surface area contributed by atoms with Crippen molar-refractivity contribution in [2.24, 2.45) is 0 Å². The van der Waals surface area contributed by atoms with Gasteiger partial charge >= 0.3 is 0 Å². The van der Waals surface area contributed by atoms with Gasteiger partial charge in [-0.3, -0.25) is 0 Å². The lowest BCUT2D eigenvalue weighted by Gasteiger charge is -1.98. The smallest absolute Gasteiger partial charge is 0.192 e. The second-order valence-electron chi connectivity index (χ2n) is 2.77. The van der Waals surface area contributed by atoms with Crippen LogP contribution in [0.25, 0.3) is 0 Å². The van der Waals surface area contributed by atoms with Crippen LogP contribution in [-0.2, 0) is 0 Å². The predicted octanol–water partition coefficient (Wildman–Crippen LogP) is 2.50. The average Bonchev–Trinajstić information content (AvgIpc) is 2.31. The van der Waals surface area contributed by atoms with E-state index in [9.17, 15) is 0 Å². The second kappa shape index (κ2) is 4.58. The first-order valence-electron chi connectivity index (χ1n) is 4.33. The Bertz CT molecular complexity index is 473. The van der Waals surface area contributed by atoms with Crippen molar-refractivity contribution in [3.8, 4) is 6.07 Å². The largest absolute Gasteiger partial charge is 0.231 e. The van der Waals surface area contributed by atoms with Crippen LogP contribution < -0.4 is 0 Å². The molecule has 72 valence electrons. The Hall–Kier alpha value is -1.86. The van der Waals surface area contributed by atoms with Gasteiger partial charge in [0.25, 0.3) is 0 Å². The summed E-state index contributed by atoms with van der Waals surface area (Å²) in [6, 6.07) is 11.2. The van der Waals surface area contributed by atoms with E-state index >= 15 is 0 Å². The average molecular weight is 213 g/mol. The normalized spacial score (nSPS) is 9.53. The Balaban J connectivity index is 2.16. The molecule has 0 saturated heterocycles. The molecule has 0 aliphatic carbocycles. The molecule has 0 saturated carbocycles. The monoisotopic (exact) mass is 213 g/mol. The van der Waals surface area contributed by atoms with Crippen LogP contribution in [-0.4, -0.2) is 9.97 Å². The van der Waals surface area contributed by atoms with E-state index in [2.05, 4.69) is 16.0 Å². The van der Waals surface area contributed by atoms with Gasteiger partial charge in [0.2, 0.25) is 0 Å². The Kier molecular flexibility index (Phi) is 2.96. The van der Waals surface area contributed by atoms with E-state index in [0.717, 1.165) is 4.90 Å². The number of rotatable bonds is 2. The third kappa shape index (κ3) is 2.55. The van der Waals surface area contributed by atoms with Crippen molar-refractivity contribution < 1.29 is 0 Å². The standard InChI is InChI=1S/C11H7N3S/c12-8-9-2-4-10(5-3-9)15-11-13-6-1-7-14-11/h1-7H. The molecule has 2 rings (SSSR count). The van der Waals surface area contributed by atoms with Gasteiger partial charge in [0, 0.05) is 17.3 Å². The predicted molar refractivity (Wildman–Crippen MR) is 57.3 cm³/mol. The van der Waals surface area contributed by atoms with Crippen LogP contribution in [0.3, 0.4) is 0 Å². The summed E-state index contributed by atoms with van der Waals surface area (Å²) in [6.45, 7) is 0. The van der Waals surface area contributed by atoms with Gasteiger partial charge in [-0.15, -0.1) is 0 Å². The van der Waals surface area contributed by atoms with Gasteiger partial charge in [-0.25, -0.2) is 9.97 Å². The zero-order valence-electron chi connectivity index (χ0n) is 7.79. The zero-order valence-corrected chi connectivity index (χ0v) is 8.61. The van der Waals surface area contributed by atoms with Gasteiger partial charge in [0.15, 0.2) is 5.16 Å². The fourth-order valence-electron chi connectivity index (χ4n) is 1.04. The van der Waals surface area contributed by atoms with Gasteiger partial charge in [0.05, 0.1) is 11.6 Å². The number of hydrogen-bond donors (Lipinski definition) is 0. The van der Waals surface area contributed by atoms with Crippen molar-refractivity contribution in [1.82, 2.24) is 9.97 Å². The molecule has 0 spiro atoms. The summed E-state index contributed by atoms with van der Waals surface area (Å²) in [6.07, 6.45) is 3.41. The van der Waals surface area contributed by atoms with Crippen LogP contribution >= 0.6 is 11.8 Å². The Labute approximate surface area is 91.8 Å². The molecule has 0 amide bonds. The molecule has 1 aromatic heterocycles. The summed E-state index contributed by atoms with van der Waals surface area (Å²) in [5.74, 6) is 0. The highest BCUT2D eigenvalue weighted by Gasteiger charge is 1.98. The highest BCUT2D eigenvalue weighted by atomic mass is 32.2. The van der Waals surface area contributed by atoms with Crippen molar-refractivity contribution in [1.29, 1.82) is 5.26 Å². The number of aromatic nitrogens is 2. The lowest BCUT2D eigenvalue weighted by molar-refractivity contribution is 0.967. The summed E-state index contributed by atoms with van der Waals surface area (Å²) >= 11 is 1.48. The molecule has 0 aliphatic rings. The quantitative estimate of drug-likeness (QED) is 0.719. The third-order valence-electron chi connectivity index (χ3n) is 1.73. The molecule has 3 nitrogen and oxygen atoms in total. The van der Waals surface area contributed by atoms with Crippen LogP contribution in [0.2, 0.25) is 0 Å². The molecule has 1 heterocycles. The van der Waals surface area contributed by atoms with E-state index in [0.29, 0.717) is 10.7 Å². The van der Waals surface area contributed by atoms with Gasteiger partial charge in [-0.2, -0.15) is 5.26 Å². The van der Waals surface area contributed by atoms with Crippen LogP contribution in [0, 0.1) is 11.3 Å². The van der Waals surface area contributed by atoms with Crippen LogP contribution in [0.15, 0.2) is 52.8 Å². The first kappa shape index (κ1) is 9.69. The summed E-state index contributed by atoms with van der Waals surface area (Å²) in [4.78, 5) is 9.23. The first-order valence-corrected chi connectivity index (χ1v) is 5.15. The van der Waals surface area contributed by atoms with E-state index in [1.165, 1.54) is 11.8 Å². The number of benzene rings is 1. The van der Waals surface area contributed by atoms with E-state index < -0.39 is 0 Å². The molecule has 0 fully saturated rings. The van der Waals surface area contributed by atoms with Crippen LogP contribution in [0.4, 0.5) is 0 Å². The Morgan fingerprint density at radius 2 is 1.73 bits per heavy atom. The minimum atomic E-state index is 0.660. The van der Waals surface area contributed by atoms with Crippen molar-refractivity contribution in [2.75, 3.05) is 0 Å². The second-order valence-corrected chi connectivity index (χ2v) is 3.81. The summed E-state index contributed by atoms with van der Waals surface area (Å²) in [5, 5.41) is 9.35. The maximum atomic E-state index is 8.64. The molecule has 0 unspecified atom stereocenters. The van der Waals surface area contributed by atoms with E-state index in [1.54, 1.807) is 30.6 Å². The van der Waals surface area contributed by atoms with Crippen molar-refractivity contribution in [3.05, 3.63) is 48.3 Å². The third-order valence-corrected chi connectivity index (χ3v) is 2.64. The fraction of sp³-hybridized carbons (Fsp3) is 0. The van der Waals surface area contributed by atoms with Gasteiger partial charge < -0.3 is 0 Å². The Morgan fingerprint density at radius 3 is 2.33 bits per heavy atom. The molecule has 4 heteroatoms. The maximum absolute atomic E-state index is 8.64. The molecule has 2 aromatic rings. The zero-order chi connectivity index (χ0) is 10.5. The lowest BCUT2D eigenvalue weighted by atomic mass is 10.2. The van der Waals surface area contributed by atoms with Crippen molar-refractivity contribution in [2.45, 2.75) is 10.1 Å². The fourth-order valence-corrected chi connectivity index (χ4v) is 1.75. The summed E-state index contributed by atoms with van der Waals surface area (Å²) < 4.78 is 0. The highest BCUT2D eigenvalue weighted by Crippen LogP contribution is 2.23. The van der Waals surface area contributed by atoms with E-state index in [-0.39, 0.29) is 0 Å². The van der Waals surface area contributed by atoms with E-state index in [4.69, 9.17) is 5.26 Å². The molecular weight excluding hydrogens is 206 g/mol. The van der Waals surface area contributed by atoms with Crippen molar-refractivity contribution >= 4 is 11.8 Å². The summed E-state index contributed by atoms with van der Waals surface area (Å²) in [7, 11) is 0. The molecule has 0 N–H and O–H groups in total. The topological polar surface area (TPSA) is 49.6 Å². The molecule has 0 bridgehead atoms. The van der Waals surface area contributed by atoms with Gasteiger partial charge in [-0.1, -0.05) is 0 Å². The molecular formula is C11H7N3S. The molecule has 0 atom stereocenters. The minimum absolute atomic E-state index is 0.660. The first-order chi connectivity index (χ1) is 7.38. The number of nitriles is 1. The van der Waals surface area contributed by atoms with Crippen molar-refractivity contribution in [3.63, 3.8) is 0 Å². The minimum Gasteiger partial charge on any atom is -0.231 e. The van der Waals surface area contributed by atoms with E-state index in [1.807, 2.05) is 12.1 Å². The van der Waals surface area contributed by atoms with Gasteiger partial charge in [0.1, 0.15) is 0 Å².